The zero-order chi connectivity index (χ0) is 12.7. The van der Waals surface area contributed by atoms with Crippen LogP contribution in [0.1, 0.15) is 18.7 Å². The lowest BCUT2D eigenvalue weighted by Crippen LogP contribution is -2.27. The van der Waals surface area contributed by atoms with Crippen LogP contribution in [0.25, 0.3) is 0 Å². The highest BCUT2D eigenvalue weighted by Crippen LogP contribution is 2.16. The second-order valence-corrected chi connectivity index (χ2v) is 3.84. The summed E-state index contributed by atoms with van der Waals surface area (Å²) in [6.45, 7) is 7.64. The Kier molecular flexibility index (Phi) is 5.66. The van der Waals surface area contributed by atoms with Crippen LogP contribution in [-0.2, 0) is 4.74 Å². The molecule has 0 aromatic carbocycles. The fourth-order valence-electron chi connectivity index (χ4n) is 1.51. The molecule has 1 rings (SSSR count). The van der Waals surface area contributed by atoms with E-state index in [1.54, 1.807) is 20.2 Å². The molecule has 0 amide bonds. The van der Waals surface area contributed by atoms with Crippen molar-refractivity contribution in [3.8, 4) is 0 Å². The third-order valence-electron chi connectivity index (χ3n) is 2.48. The summed E-state index contributed by atoms with van der Waals surface area (Å²) in [6, 6.07) is 3.79. The van der Waals surface area contributed by atoms with Crippen molar-refractivity contribution < 1.29 is 9.84 Å². The van der Waals surface area contributed by atoms with E-state index in [4.69, 9.17) is 4.74 Å². The summed E-state index contributed by atoms with van der Waals surface area (Å²) in [5, 5.41) is 9.39. The van der Waals surface area contributed by atoms with Crippen molar-refractivity contribution >= 4 is 5.69 Å². The maximum Gasteiger partial charge on any atom is 0.0931 e. The van der Waals surface area contributed by atoms with E-state index in [0.29, 0.717) is 12.3 Å². The summed E-state index contributed by atoms with van der Waals surface area (Å²) in [6.07, 6.45) is 3.08. The Morgan fingerprint density at radius 2 is 2.35 bits per heavy atom. The van der Waals surface area contributed by atoms with Gasteiger partial charge in [0, 0.05) is 20.2 Å². The number of hydrogen-bond acceptors (Lipinski definition) is 4. The van der Waals surface area contributed by atoms with Crippen LogP contribution in [0, 0.1) is 0 Å². The number of pyridine rings is 1. The largest absolute Gasteiger partial charge is 0.387 e. The van der Waals surface area contributed by atoms with Gasteiger partial charge in [-0.1, -0.05) is 6.08 Å². The summed E-state index contributed by atoms with van der Waals surface area (Å²) in [5.41, 5.74) is 1.69. The minimum atomic E-state index is -0.532. The van der Waals surface area contributed by atoms with Gasteiger partial charge in [-0.2, -0.15) is 0 Å². The minimum absolute atomic E-state index is 0.532. The highest BCUT2D eigenvalue weighted by molar-refractivity contribution is 5.45. The van der Waals surface area contributed by atoms with Gasteiger partial charge in [0.2, 0.25) is 0 Å². The predicted octanol–water partition coefficient (Wildman–Crippen LogP) is 1.77. The molecular formula is C13H20N2O2. The van der Waals surface area contributed by atoms with Crippen LogP contribution < -0.4 is 4.90 Å². The Bertz CT molecular complexity index is 336. The molecule has 0 spiro atoms. The standard InChI is InChI=1S/C13H20N2O2/c1-4-7-15(8-9-17-3)12-5-6-13(11(2)16)14-10-12/h4-6,10-11,16H,1,7-9H2,2-3H3/t11-/m0/s1. The monoisotopic (exact) mass is 236 g/mol. The number of ether oxygens (including phenoxy) is 1. The molecule has 0 fully saturated rings. The van der Waals surface area contributed by atoms with Crippen LogP contribution in [0.15, 0.2) is 31.0 Å². The average Bonchev–Trinajstić information content (AvgIpc) is 2.34. The molecule has 0 unspecified atom stereocenters. The van der Waals surface area contributed by atoms with Crippen molar-refractivity contribution in [2.45, 2.75) is 13.0 Å². The van der Waals surface area contributed by atoms with Gasteiger partial charge in [0.15, 0.2) is 0 Å². The zero-order valence-corrected chi connectivity index (χ0v) is 10.5. The number of aliphatic hydroxyl groups is 1. The summed E-state index contributed by atoms with van der Waals surface area (Å²) in [4.78, 5) is 6.34. The van der Waals surface area contributed by atoms with Crippen molar-refractivity contribution in [3.63, 3.8) is 0 Å². The highest BCUT2D eigenvalue weighted by Gasteiger charge is 2.07. The van der Waals surface area contributed by atoms with Crippen molar-refractivity contribution in [2.24, 2.45) is 0 Å². The zero-order valence-electron chi connectivity index (χ0n) is 10.5. The van der Waals surface area contributed by atoms with Crippen LogP contribution in [0.3, 0.4) is 0 Å². The first-order valence-corrected chi connectivity index (χ1v) is 5.67. The van der Waals surface area contributed by atoms with Gasteiger partial charge < -0.3 is 14.7 Å². The van der Waals surface area contributed by atoms with Gasteiger partial charge in [0.1, 0.15) is 0 Å². The second-order valence-electron chi connectivity index (χ2n) is 3.84. The lowest BCUT2D eigenvalue weighted by atomic mass is 10.2. The van der Waals surface area contributed by atoms with Gasteiger partial charge in [-0.3, -0.25) is 4.98 Å². The number of rotatable bonds is 7. The fourth-order valence-corrected chi connectivity index (χ4v) is 1.51. The molecule has 17 heavy (non-hydrogen) atoms. The molecule has 1 aromatic heterocycles. The molecule has 0 aliphatic rings. The van der Waals surface area contributed by atoms with Crippen LogP contribution in [0.5, 0.6) is 0 Å². The predicted molar refractivity (Wildman–Crippen MR) is 69.2 cm³/mol. The van der Waals surface area contributed by atoms with Gasteiger partial charge in [-0.05, 0) is 19.1 Å². The van der Waals surface area contributed by atoms with Crippen molar-refractivity contribution in [1.29, 1.82) is 0 Å². The first kappa shape index (κ1) is 13.7. The molecule has 1 atom stereocenters. The first-order valence-electron chi connectivity index (χ1n) is 5.67. The van der Waals surface area contributed by atoms with Crippen molar-refractivity contribution in [3.05, 3.63) is 36.7 Å². The molecule has 0 bridgehead atoms. The van der Waals surface area contributed by atoms with E-state index in [-0.39, 0.29) is 0 Å². The Morgan fingerprint density at radius 3 is 2.82 bits per heavy atom. The fraction of sp³-hybridized carbons (Fsp3) is 0.462. The molecular weight excluding hydrogens is 216 g/mol. The smallest absolute Gasteiger partial charge is 0.0931 e. The summed E-state index contributed by atoms with van der Waals surface area (Å²) in [7, 11) is 1.68. The van der Waals surface area contributed by atoms with Crippen molar-refractivity contribution in [1.82, 2.24) is 4.98 Å². The molecule has 0 saturated heterocycles. The third-order valence-corrected chi connectivity index (χ3v) is 2.48. The number of hydrogen-bond donors (Lipinski definition) is 1. The summed E-state index contributed by atoms with van der Waals surface area (Å²) >= 11 is 0. The molecule has 4 nitrogen and oxygen atoms in total. The number of aliphatic hydroxyl groups excluding tert-OH is 1. The highest BCUT2D eigenvalue weighted by atomic mass is 16.5. The second kappa shape index (κ2) is 7.04. The Morgan fingerprint density at radius 1 is 1.59 bits per heavy atom. The molecule has 0 saturated carbocycles. The Balaban J connectivity index is 2.75. The number of anilines is 1. The van der Waals surface area contributed by atoms with Gasteiger partial charge in [0.05, 0.1) is 30.3 Å². The molecule has 1 N–H and O–H groups in total. The Labute approximate surface area is 103 Å². The average molecular weight is 236 g/mol. The lowest BCUT2D eigenvalue weighted by Gasteiger charge is -2.22. The quantitative estimate of drug-likeness (QED) is 0.733. The maximum absolute atomic E-state index is 9.39. The van der Waals surface area contributed by atoms with Crippen LogP contribution in [0.2, 0.25) is 0 Å². The Hall–Kier alpha value is -1.39. The summed E-state index contributed by atoms with van der Waals surface area (Å²) in [5.74, 6) is 0. The number of aromatic nitrogens is 1. The van der Waals surface area contributed by atoms with E-state index < -0.39 is 6.10 Å². The molecule has 1 aromatic rings. The van der Waals surface area contributed by atoms with E-state index in [0.717, 1.165) is 18.8 Å². The first-order chi connectivity index (χ1) is 8.19. The van der Waals surface area contributed by atoms with Gasteiger partial charge in [0.25, 0.3) is 0 Å². The number of methoxy groups -OCH3 is 1. The topological polar surface area (TPSA) is 45.6 Å². The molecule has 0 aliphatic carbocycles. The molecule has 94 valence electrons. The van der Waals surface area contributed by atoms with E-state index in [9.17, 15) is 5.11 Å². The normalized spacial score (nSPS) is 12.2. The number of nitrogens with zero attached hydrogens (tertiary/aromatic N) is 2. The van der Waals surface area contributed by atoms with E-state index in [2.05, 4.69) is 16.5 Å². The van der Waals surface area contributed by atoms with Gasteiger partial charge in [-0.25, -0.2) is 0 Å². The van der Waals surface area contributed by atoms with Crippen LogP contribution in [0.4, 0.5) is 5.69 Å². The van der Waals surface area contributed by atoms with E-state index in [1.807, 2.05) is 18.2 Å². The molecule has 4 heteroatoms. The van der Waals surface area contributed by atoms with Crippen molar-refractivity contribution in [2.75, 3.05) is 31.7 Å². The van der Waals surface area contributed by atoms with Gasteiger partial charge in [-0.15, -0.1) is 6.58 Å². The minimum Gasteiger partial charge on any atom is -0.387 e. The summed E-state index contributed by atoms with van der Waals surface area (Å²) < 4.78 is 5.07. The van der Waals surface area contributed by atoms with Crippen LogP contribution >= 0.6 is 0 Å². The SMILES string of the molecule is C=CCN(CCOC)c1ccc([C@H](C)O)nc1. The van der Waals surface area contributed by atoms with Crippen LogP contribution in [-0.4, -0.2) is 36.9 Å². The van der Waals surface area contributed by atoms with E-state index >= 15 is 0 Å². The van der Waals surface area contributed by atoms with Gasteiger partial charge >= 0.3 is 0 Å². The third kappa shape index (κ3) is 4.17. The maximum atomic E-state index is 9.39. The van der Waals surface area contributed by atoms with E-state index in [1.165, 1.54) is 0 Å². The lowest BCUT2D eigenvalue weighted by molar-refractivity contribution is 0.194. The molecule has 1 heterocycles. The molecule has 0 aliphatic heterocycles. The molecule has 0 radical (unpaired) electrons.